The number of aryl methyl sites for hydroxylation is 1. The Morgan fingerprint density at radius 2 is 2.06 bits per heavy atom. The van der Waals surface area contributed by atoms with Gasteiger partial charge < -0.3 is 20.4 Å². The van der Waals surface area contributed by atoms with E-state index in [0.717, 1.165) is 54.0 Å². The molecule has 180 valence electrons. The number of rotatable bonds is 5. The number of nitrogens with one attached hydrogen (secondary N) is 1. The lowest BCUT2D eigenvalue weighted by Crippen LogP contribution is -2.20. The molecule has 0 radical (unpaired) electrons. The number of aromatic nitrogens is 5. The molecule has 0 spiro atoms. The highest BCUT2D eigenvalue weighted by Gasteiger charge is 2.34. The third-order valence-electron chi connectivity index (χ3n) is 5.97. The van der Waals surface area contributed by atoms with Crippen molar-refractivity contribution >= 4 is 28.4 Å². The number of nitrogen functional groups attached to an aromatic ring is 1. The summed E-state index contributed by atoms with van der Waals surface area (Å²) in [6.07, 6.45) is -0.118. The fourth-order valence-electron chi connectivity index (χ4n) is 4.50. The highest BCUT2D eigenvalue weighted by molar-refractivity contribution is 5.94. The molecule has 3 N–H and O–H groups in total. The van der Waals surface area contributed by atoms with Crippen molar-refractivity contribution in [3.63, 3.8) is 0 Å². The minimum Gasteiger partial charge on any atom is -0.494 e. The molecule has 1 aromatic carbocycles. The lowest BCUT2D eigenvalue weighted by molar-refractivity contribution is -0.138. The van der Waals surface area contributed by atoms with Gasteiger partial charge in [0.15, 0.2) is 5.82 Å². The summed E-state index contributed by atoms with van der Waals surface area (Å²) >= 11 is 0. The van der Waals surface area contributed by atoms with Crippen LogP contribution < -0.4 is 15.8 Å². The van der Waals surface area contributed by atoms with Crippen LogP contribution in [0.3, 0.4) is 0 Å². The summed E-state index contributed by atoms with van der Waals surface area (Å²) < 4.78 is 47.1. The maximum absolute atomic E-state index is 13.2. The molecule has 3 aromatic heterocycles. The number of carbonyl (C=O) groups excluding carboxylic acids is 1. The van der Waals surface area contributed by atoms with Crippen molar-refractivity contribution in [3.8, 4) is 11.4 Å². The predicted molar refractivity (Wildman–Crippen MR) is 121 cm³/mol. The van der Waals surface area contributed by atoms with Crippen molar-refractivity contribution in [2.24, 2.45) is 0 Å². The SMILES string of the molecule is COc1cc(-n2c3c(c4ncnc(N)c42)CCC3)ccc1NC(=O)Cc1nnccc1C(F)(F)F. The topological polar surface area (TPSA) is 121 Å². The molecule has 0 atom stereocenters. The third-order valence-corrected chi connectivity index (χ3v) is 5.97. The number of ether oxygens (including phenoxy) is 1. The number of fused-ring (bicyclic) bond motifs is 3. The number of carbonyl (C=O) groups is 1. The van der Waals surface area contributed by atoms with E-state index >= 15 is 0 Å². The van der Waals surface area contributed by atoms with Crippen LogP contribution >= 0.6 is 0 Å². The van der Waals surface area contributed by atoms with Crippen LogP contribution in [0.2, 0.25) is 0 Å². The van der Waals surface area contributed by atoms with E-state index < -0.39 is 29.8 Å². The first-order valence-electron chi connectivity index (χ1n) is 10.8. The molecular formula is C23H20F3N7O2. The van der Waals surface area contributed by atoms with Gasteiger partial charge in [0.05, 0.1) is 42.2 Å². The average molecular weight is 483 g/mol. The molecule has 12 heteroatoms. The molecule has 0 saturated carbocycles. The molecule has 0 bridgehead atoms. The molecule has 1 amide bonds. The number of halogens is 3. The maximum Gasteiger partial charge on any atom is 0.418 e. The van der Waals surface area contributed by atoms with E-state index in [9.17, 15) is 18.0 Å². The Morgan fingerprint density at radius 1 is 1.23 bits per heavy atom. The fraction of sp³-hybridized carbons (Fsp3) is 0.261. The number of hydrogen-bond donors (Lipinski definition) is 2. The smallest absolute Gasteiger partial charge is 0.418 e. The number of amides is 1. The van der Waals surface area contributed by atoms with Crippen LogP contribution in [-0.2, 0) is 30.2 Å². The zero-order valence-corrected chi connectivity index (χ0v) is 18.6. The maximum atomic E-state index is 13.2. The molecule has 35 heavy (non-hydrogen) atoms. The van der Waals surface area contributed by atoms with Crippen LogP contribution in [0, 0.1) is 0 Å². The standard InChI is InChI=1S/C23H20F3N7O2/c1-35-18-9-12(33-17-4-2-3-13(17)20-21(33)22(27)29-11-28-20)5-6-15(18)31-19(34)10-16-14(23(24,25)26)7-8-30-32-16/h5-9,11H,2-4,10H2,1H3,(H,31,34)(H2,27,28,29). The summed E-state index contributed by atoms with van der Waals surface area (Å²) in [5.41, 5.74) is 9.51. The van der Waals surface area contributed by atoms with Gasteiger partial charge in [-0.25, -0.2) is 9.97 Å². The second kappa shape index (κ2) is 8.53. The largest absolute Gasteiger partial charge is 0.494 e. The van der Waals surface area contributed by atoms with Gasteiger partial charge in [-0.2, -0.15) is 23.4 Å². The Kier molecular flexibility index (Phi) is 5.50. The van der Waals surface area contributed by atoms with Crippen molar-refractivity contribution in [2.45, 2.75) is 31.9 Å². The molecule has 1 aliphatic rings. The number of anilines is 2. The molecule has 5 rings (SSSR count). The van der Waals surface area contributed by atoms with E-state index in [2.05, 4.69) is 25.5 Å². The quantitative estimate of drug-likeness (QED) is 0.446. The molecule has 0 saturated heterocycles. The Balaban J connectivity index is 1.47. The molecular weight excluding hydrogens is 463 g/mol. The van der Waals surface area contributed by atoms with Gasteiger partial charge in [0, 0.05) is 17.4 Å². The van der Waals surface area contributed by atoms with E-state index in [1.807, 2.05) is 4.57 Å². The van der Waals surface area contributed by atoms with Crippen molar-refractivity contribution in [1.29, 1.82) is 0 Å². The third kappa shape index (κ3) is 4.00. The number of benzene rings is 1. The minimum atomic E-state index is -4.64. The van der Waals surface area contributed by atoms with Crippen LogP contribution in [0.1, 0.15) is 28.9 Å². The first kappa shape index (κ1) is 22.6. The van der Waals surface area contributed by atoms with Crippen LogP contribution in [0.25, 0.3) is 16.7 Å². The van der Waals surface area contributed by atoms with Gasteiger partial charge in [0.2, 0.25) is 5.91 Å². The van der Waals surface area contributed by atoms with Crippen molar-refractivity contribution in [1.82, 2.24) is 24.7 Å². The molecule has 0 fully saturated rings. The van der Waals surface area contributed by atoms with Crippen LogP contribution in [-0.4, -0.2) is 37.7 Å². The Hall–Kier alpha value is -4.22. The van der Waals surface area contributed by atoms with Gasteiger partial charge in [-0.1, -0.05) is 0 Å². The zero-order chi connectivity index (χ0) is 24.7. The fourth-order valence-corrected chi connectivity index (χ4v) is 4.50. The zero-order valence-electron chi connectivity index (χ0n) is 18.6. The second-order valence-corrected chi connectivity index (χ2v) is 8.07. The van der Waals surface area contributed by atoms with Crippen molar-refractivity contribution in [3.05, 3.63) is 59.3 Å². The first-order chi connectivity index (χ1) is 16.8. The molecule has 0 aliphatic heterocycles. The minimum absolute atomic E-state index is 0.302. The van der Waals surface area contributed by atoms with Crippen molar-refractivity contribution in [2.75, 3.05) is 18.2 Å². The molecule has 1 aliphatic carbocycles. The predicted octanol–water partition coefficient (Wildman–Crippen LogP) is 3.49. The lowest BCUT2D eigenvalue weighted by atomic mass is 10.1. The van der Waals surface area contributed by atoms with E-state index in [1.165, 1.54) is 13.4 Å². The van der Waals surface area contributed by atoms with Gasteiger partial charge in [-0.15, -0.1) is 0 Å². The first-order valence-corrected chi connectivity index (χ1v) is 10.8. The Morgan fingerprint density at radius 3 is 2.83 bits per heavy atom. The lowest BCUT2D eigenvalue weighted by Gasteiger charge is -2.15. The molecule has 9 nitrogen and oxygen atoms in total. The number of methoxy groups -OCH3 is 1. The van der Waals surface area contributed by atoms with Gasteiger partial charge in [0.1, 0.15) is 17.6 Å². The summed E-state index contributed by atoms with van der Waals surface area (Å²) in [4.78, 5) is 21.1. The average Bonchev–Trinajstić information content (AvgIpc) is 3.41. The van der Waals surface area contributed by atoms with Crippen LogP contribution in [0.5, 0.6) is 5.75 Å². The van der Waals surface area contributed by atoms with Gasteiger partial charge in [0.25, 0.3) is 0 Å². The van der Waals surface area contributed by atoms with Gasteiger partial charge >= 0.3 is 6.18 Å². The van der Waals surface area contributed by atoms with Gasteiger partial charge in [-0.05, 0) is 43.0 Å². The van der Waals surface area contributed by atoms with E-state index in [4.69, 9.17) is 10.5 Å². The van der Waals surface area contributed by atoms with Gasteiger partial charge in [-0.3, -0.25) is 4.79 Å². The molecule has 3 heterocycles. The highest BCUT2D eigenvalue weighted by Crippen LogP contribution is 2.38. The Labute approximate surface area is 197 Å². The van der Waals surface area contributed by atoms with Crippen LogP contribution in [0.4, 0.5) is 24.7 Å². The Bertz CT molecular complexity index is 1450. The molecule has 4 aromatic rings. The number of nitrogens with two attached hydrogens (primary N) is 1. The number of nitrogens with zero attached hydrogens (tertiary/aromatic N) is 5. The van der Waals surface area contributed by atoms with E-state index in [1.54, 1.807) is 18.2 Å². The number of alkyl halides is 3. The summed E-state index contributed by atoms with van der Waals surface area (Å²) in [5, 5.41) is 9.58. The van der Waals surface area contributed by atoms with Crippen molar-refractivity contribution < 1.29 is 22.7 Å². The normalized spacial score (nSPS) is 13.1. The molecule has 0 unspecified atom stereocenters. The van der Waals surface area contributed by atoms with E-state index in [-0.39, 0.29) is 0 Å². The monoisotopic (exact) mass is 483 g/mol. The second-order valence-electron chi connectivity index (χ2n) is 8.07. The number of hydrogen-bond acceptors (Lipinski definition) is 7. The summed E-state index contributed by atoms with van der Waals surface area (Å²) in [5.74, 6) is -0.00718. The summed E-state index contributed by atoms with van der Waals surface area (Å²) in [6, 6.07) is 5.91. The highest BCUT2D eigenvalue weighted by atomic mass is 19.4. The van der Waals surface area contributed by atoms with Crippen LogP contribution in [0.15, 0.2) is 36.8 Å². The summed E-state index contributed by atoms with van der Waals surface area (Å²) in [7, 11) is 1.44. The summed E-state index contributed by atoms with van der Waals surface area (Å²) in [6.45, 7) is 0. The van der Waals surface area contributed by atoms with E-state index in [0.29, 0.717) is 22.8 Å².